The van der Waals surface area contributed by atoms with Gasteiger partial charge >= 0.3 is 71.8 Å². The number of hydrogen-bond acceptors (Lipinski definition) is 0. The molecule has 0 saturated carbocycles. The van der Waals surface area contributed by atoms with Crippen molar-refractivity contribution in [1.82, 2.24) is 0 Å². The van der Waals surface area contributed by atoms with Crippen molar-refractivity contribution in [3.05, 3.63) is 34.3 Å². The van der Waals surface area contributed by atoms with E-state index in [-0.39, 0.29) is 0 Å². The fourth-order valence-corrected chi connectivity index (χ4v) is 11.9. The fourth-order valence-electron chi connectivity index (χ4n) is 0.351. The molecule has 1 rings (SSSR count). The summed E-state index contributed by atoms with van der Waals surface area (Å²) in [4.78, 5) is 4.64. The van der Waals surface area contributed by atoms with E-state index in [1.54, 1.807) is 0 Å². The van der Waals surface area contributed by atoms with Crippen molar-refractivity contribution in [3.63, 3.8) is 0 Å². The third kappa shape index (κ3) is 4.22. The Balaban J connectivity index is 2.45. The summed E-state index contributed by atoms with van der Waals surface area (Å²) in [5.41, 5.74) is 0. The van der Waals surface area contributed by atoms with Gasteiger partial charge in [0.05, 0.1) is 0 Å². The molecule has 0 radical (unpaired) electrons. The predicted molar refractivity (Wildman–Crippen MR) is 44.7 cm³/mol. The minimum atomic E-state index is 0.825. The molecule has 0 amide bonds. The van der Waals surface area contributed by atoms with Gasteiger partial charge in [0.25, 0.3) is 0 Å². The van der Waals surface area contributed by atoms with Crippen LogP contribution in [0, 0.1) is 0 Å². The Kier molecular flexibility index (Phi) is 4.86. The van der Waals surface area contributed by atoms with E-state index in [0.717, 1.165) is 37.6 Å². The van der Waals surface area contributed by atoms with Crippen LogP contribution in [0.5, 0.6) is 0 Å². The summed E-state index contributed by atoms with van der Waals surface area (Å²) in [6.07, 6.45) is 8.53. The molecule has 0 spiro atoms. The van der Waals surface area contributed by atoms with E-state index in [1.807, 2.05) is 0 Å². The van der Waals surface area contributed by atoms with Crippen LogP contribution < -0.4 is 0 Å². The second-order valence-corrected chi connectivity index (χ2v) is 16.9. The van der Waals surface area contributed by atoms with Gasteiger partial charge < -0.3 is 0 Å². The maximum absolute atomic E-state index is 2.32. The van der Waals surface area contributed by atoms with Crippen LogP contribution >= 0.6 is 0 Å². The van der Waals surface area contributed by atoms with E-state index in [1.165, 1.54) is 0 Å². The monoisotopic (exact) mass is 318 g/mol. The first-order valence-corrected chi connectivity index (χ1v) is 13.1. The molecular formula is C6H6Se3. The van der Waals surface area contributed by atoms with E-state index >= 15 is 0 Å². The van der Waals surface area contributed by atoms with Crippen LogP contribution in [-0.4, -0.2) is 37.6 Å². The average Bonchev–Trinajstić information content (AvgIpc) is 2.00. The van der Waals surface area contributed by atoms with Crippen LogP contribution in [0.15, 0.2) is 34.3 Å². The van der Waals surface area contributed by atoms with Crippen molar-refractivity contribution in [1.29, 1.82) is 0 Å². The normalized spacial score (nSPS) is 22.2. The fraction of sp³-hybridized carbons (Fsp3) is 0. The predicted octanol–water partition coefficient (Wildman–Crippen LogP) is 0.526. The summed E-state index contributed by atoms with van der Waals surface area (Å²) < 4.78 is 0. The SMILES string of the molecule is C1=C/C=C/[Se][Se][Se]C=C1. The summed E-state index contributed by atoms with van der Waals surface area (Å²) in [6, 6.07) is 0. The molecule has 0 nitrogen and oxygen atoms in total. The minimum absolute atomic E-state index is 0.825. The third-order valence-electron chi connectivity index (χ3n) is 0.680. The Labute approximate surface area is 71.4 Å². The van der Waals surface area contributed by atoms with Crippen LogP contribution in [0.2, 0.25) is 0 Å². The van der Waals surface area contributed by atoms with Gasteiger partial charge in [-0.25, -0.2) is 0 Å². The molecule has 0 aromatic heterocycles. The molecule has 1 aliphatic heterocycles. The molecule has 1 aliphatic rings. The van der Waals surface area contributed by atoms with Crippen molar-refractivity contribution in [2.75, 3.05) is 0 Å². The molecule has 0 N–H and O–H groups in total. The Morgan fingerprint density at radius 2 is 1.22 bits per heavy atom. The van der Waals surface area contributed by atoms with E-state index in [0.29, 0.717) is 0 Å². The van der Waals surface area contributed by atoms with E-state index in [4.69, 9.17) is 0 Å². The van der Waals surface area contributed by atoms with Crippen LogP contribution in [0.1, 0.15) is 0 Å². The quantitative estimate of drug-likeness (QED) is 0.572. The summed E-state index contributed by atoms with van der Waals surface area (Å²) in [6.45, 7) is 0. The summed E-state index contributed by atoms with van der Waals surface area (Å²) >= 11 is 2.58. The molecule has 0 saturated heterocycles. The second-order valence-electron chi connectivity index (χ2n) is 1.30. The number of allylic oxidation sites excluding steroid dienone is 4. The zero-order valence-corrected chi connectivity index (χ0v) is 9.83. The first-order valence-electron chi connectivity index (χ1n) is 2.47. The van der Waals surface area contributed by atoms with Gasteiger partial charge in [-0.1, -0.05) is 0 Å². The molecule has 1 heterocycles. The van der Waals surface area contributed by atoms with Gasteiger partial charge in [0.1, 0.15) is 0 Å². The van der Waals surface area contributed by atoms with E-state index in [2.05, 4.69) is 34.3 Å². The molecular weight excluding hydrogens is 309 g/mol. The van der Waals surface area contributed by atoms with Crippen LogP contribution in [0.4, 0.5) is 0 Å². The van der Waals surface area contributed by atoms with Crippen molar-refractivity contribution in [2.24, 2.45) is 0 Å². The molecule has 0 unspecified atom stereocenters. The Morgan fingerprint density at radius 1 is 0.667 bits per heavy atom. The van der Waals surface area contributed by atoms with Crippen molar-refractivity contribution < 1.29 is 0 Å². The van der Waals surface area contributed by atoms with Gasteiger partial charge in [-0.2, -0.15) is 0 Å². The summed E-state index contributed by atoms with van der Waals surface area (Å²) in [5.74, 6) is 0. The first-order chi connectivity index (χ1) is 4.50. The van der Waals surface area contributed by atoms with E-state index < -0.39 is 0 Å². The zero-order valence-electron chi connectivity index (χ0n) is 4.69. The van der Waals surface area contributed by atoms with E-state index in [9.17, 15) is 0 Å². The molecule has 9 heavy (non-hydrogen) atoms. The Bertz CT molecular complexity index is 130. The van der Waals surface area contributed by atoms with Crippen molar-refractivity contribution in [2.45, 2.75) is 0 Å². The van der Waals surface area contributed by atoms with Crippen molar-refractivity contribution >= 4 is 37.6 Å². The van der Waals surface area contributed by atoms with Crippen LogP contribution in [-0.2, 0) is 0 Å². The third-order valence-corrected chi connectivity index (χ3v) is 15.2. The molecule has 0 bridgehead atoms. The molecule has 0 aromatic rings. The summed E-state index contributed by atoms with van der Waals surface area (Å²) in [5, 5.41) is 0. The number of rotatable bonds is 0. The Morgan fingerprint density at radius 3 is 1.78 bits per heavy atom. The van der Waals surface area contributed by atoms with Gasteiger partial charge in [-0.05, 0) is 0 Å². The van der Waals surface area contributed by atoms with Gasteiger partial charge in [-0.15, -0.1) is 0 Å². The van der Waals surface area contributed by atoms with Gasteiger partial charge in [-0.3, -0.25) is 0 Å². The average molecular weight is 315 g/mol. The molecule has 48 valence electrons. The Hall–Kier alpha value is 0.778. The molecule has 0 aromatic carbocycles. The zero-order chi connectivity index (χ0) is 6.36. The van der Waals surface area contributed by atoms with Gasteiger partial charge in [0.15, 0.2) is 0 Å². The molecule has 3 heteroatoms. The van der Waals surface area contributed by atoms with Gasteiger partial charge in [0, 0.05) is 0 Å². The van der Waals surface area contributed by atoms with Crippen molar-refractivity contribution in [3.8, 4) is 0 Å². The topological polar surface area (TPSA) is 0 Å². The standard InChI is InChI=1S/C6H6Se3/c1-2-4-6-8-9-7-5-3-1/h1-6H/b2-1?,5-3+,6-4?. The number of hydrogen-bond donors (Lipinski definition) is 0. The first kappa shape index (κ1) is 7.88. The van der Waals surface area contributed by atoms with Crippen LogP contribution in [0.3, 0.4) is 0 Å². The molecule has 0 aliphatic carbocycles. The molecule has 0 fully saturated rings. The maximum atomic E-state index is 2.32. The molecule has 0 atom stereocenters. The second kappa shape index (κ2) is 5.55. The van der Waals surface area contributed by atoms with Gasteiger partial charge in [0.2, 0.25) is 0 Å². The summed E-state index contributed by atoms with van der Waals surface area (Å²) in [7, 11) is 0. The van der Waals surface area contributed by atoms with Crippen LogP contribution in [0.25, 0.3) is 0 Å².